The van der Waals surface area contributed by atoms with Gasteiger partial charge in [-0.15, -0.1) is 0 Å². The molecule has 0 saturated carbocycles. The van der Waals surface area contributed by atoms with Crippen molar-refractivity contribution in [2.75, 3.05) is 7.11 Å². The van der Waals surface area contributed by atoms with Crippen LogP contribution in [0.2, 0.25) is 15.1 Å². The van der Waals surface area contributed by atoms with Gasteiger partial charge in [-0.25, -0.2) is 4.79 Å². The zero-order valence-electron chi connectivity index (χ0n) is 11.8. The van der Waals surface area contributed by atoms with Crippen molar-refractivity contribution in [3.8, 4) is 22.8 Å². The Morgan fingerprint density at radius 2 is 1.88 bits per heavy atom. The number of carboxylic acid groups (broad SMARTS) is 1. The van der Waals surface area contributed by atoms with Crippen LogP contribution in [-0.2, 0) is 0 Å². The Kier molecular flexibility index (Phi) is 3.99. The van der Waals surface area contributed by atoms with Gasteiger partial charge in [-0.3, -0.25) is 4.79 Å². The van der Waals surface area contributed by atoms with Crippen LogP contribution in [0.5, 0.6) is 11.5 Å². The lowest BCUT2D eigenvalue weighted by Gasteiger charge is -2.15. The van der Waals surface area contributed by atoms with Gasteiger partial charge in [0.2, 0.25) is 5.43 Å². The molecule has 1 aliphatic heterocycles. The number of benzene rings is 2. The Morgan fingerprint density at radius 1 is 1.21 bits per heavy atom. The topological polar surface area (TPSA) is 97.0 Å². The minimum absolute atomic E-state index is 0.0364. The van der Waals surface area contributed by atoms with E-state index in [2.05, 4.69) is 0 Å². The zero-order valence-corrected chi connectivity index (χ0v) is 14.1. The van der Waals surface area contributed by atoms with E-state index in [0.29, 0.717) is 0 Å². The summed E-state index contributed by atoms with van der Waals surface area (Å²) >= 11 is 17.9. The number of hydrogen-bond donors (Lipinski definition) is 2. The summed E-state index contributed by atoms with van der Waals surface area (Å²) in [5.41, 5.74) is -1.03. The van der Waals surface area contributed by atoms with E-state index in [9.17, 15) is 19.8 Å². The third-order valence-corrected chi connectivity index (χ3v) is 4.45. The fourth-order valence-electron chi connectivity index (χ4n) is 2.38. The standard InChI is InChI=1S/C15H7Cl3O6/c1-23-7-3-5-8(15(21)22)4-2-6(16)11(19)9(17)13(4)24-14(5)10(18)12(7)20/h2-3,19H,1H3,(H,21,22). The molecule has 124 valence electrons. The molecule has 0 aromatic heterocycles. The van der Waals surface area contributed by atoms with E-state index < -0.39 is 17.1 Å². The van der Waals surface area contributed by atoms with Gasteiger partial charge in [0.25, 0.3) is 0 Å². The summed E-state index contributed by atoms with van der Waals surface area (Å²) in [4.78, 5) is 23.8. The third kappa shape index (κ3) is 2.26. The number of aromatic hydroxyl groups is 1. The summed E-state index contributed by atoms with van der Waals surface area (Å²) in [5, 5.41) is 18.7. The van der Waals surface area contributed by atoms with Gasteiger partial charge in [0.15, 0.2) is 22.8 Å². The van der Waals surface area contributed by atoms with Crippen LogP contribution in [0.1, 0.15) is 10.4 Å². The molecule has 24 heavy (non-hydrogen) atoms. The molecular formula is C15H7Cl3O6. The molecular weight excluding hydrogens is 383 g/mol. The van der Waals surface area contributed by atoms with Gasteiger partial charge in [0.1, 0.15) is 10.0 Å². The molecule has 6 nitrogen and oxygen atoms in total. The fourth-order valence-corrected chi connectivity index (χ4v) is 3.11. The molecule has 0 spiro atoms. The van der Waals surface area contributed by atoms with E-state index in [1.807, 2.05) is 0 Å². The molecule has 2 N–H and O–H groups in total. The van der Waals surface area contributed by atoms with Gasteiger partial charge in [0, 0.05) is 10.9 Å². The predicted molar refractivity (Wildman–Crippen MR) is 89.3 cm³/mol. The van der Waals surface area contributed by atoms with Crippen molar-refractivity contribution < 1.29 is 24.2 Å². The molecule has 3 rings (SSSR count). The van der Waals surface area contributed by atoms with Crippen molar-refractivity contribution in [3.05, 3.63) is 43.0 Å². The Labute approximate surface area is 149 Å². The van der Waals surface area contributed by atoms with Crippen molar-refractivity contribution >= 4 is 51.7 Å². The molecule has 0 amide bonds. The van der Waals surface area contributed by atoms with E-state index in [1.54, 1.807) is 0 Å². The van der Waals surface area contributed by atoms with Gasteiger partial charge in [-0.2, -0.15) is 0 Å². The van der Waals surface area contributed by atoms with Crippen LogP contribution in [0.25, 0.3) is 22.3 Å². The van der Waals surface area contributed by atoms with E-state index in [0.717, 1.165) is 0 Å². The number of rotatable bonds is 2. The Bertz CT molecular complexity index is 1040. The fraction of sp³-hybridized carbons (Fsp3) is 0.0667. The molecule has 0 atom stereocenters. The number of methoxy groups -OCH3 is 1. The first kappa shape index (κ1) is 16.7. The first-order valence-electron chi connectivity index (χ1n) is 6.35. The molecule has 1 aromatic carbocycles. The van der Waals surface area contributed by atoms with Gasteiger partial charge >= 0.3 is 5.97 Å². The predicted octanol–water partition coefficient (Wildman–Crippen LogP) is 4.27. The molecule has 0 unspecified atom stereocenters. The number of carboxylic acids is 1. The molecule has 1 heterocycles. The molecule has 0 saturated heterocycles. The van der Waals surface area contributed by atoms with Gasteiger partial charge in [0.05, 0.1) is 17.7 Å². The Hall–Kier alpha value is -2.15. The summed E-state index contributed by atoms with van der Waals surface area (Å²) in [6, 6.07) is 2.42. The molecule has 2 aliphatic rings. The quantitative estimate of drug-likeness (QED) is 0.635. The highest BCUT2D eigenvalue weighted by Crippen LogP contribution is 2.45. The average molecular weight is 390 g/mol. The van der Waals surface area contributed by atoms with Crippen LogP contribution in [0.3, 0.4) is 0 Å². The van der Waals surface area contributed by atoms with Crippen LogP contribution in [-0.4, -0.2) is 23.3 Å². The second kappa shape index (κ2) is 5.73. The lowest BCUT2D eigenvalue weighted by atomic mass is 9.99. The third-order valence-electron chi connectivity index (χ3n) is 3.47. The smallest absolute Gasteiger partial charge is 0.337 e. The van der Waals surface area contributed by atoms with Crippen molar-refractivity contribution in [3.63, 3.8) is 0 Å². The van der Waals surface area contributed by atoms with E-state index in [4.69, 9.17) is 44.0 Å². The molecule has 0 fully saturated rings. The minimum Gasteiger partial charge on any atom is -0.505 e. The molecule has 1 aromatic rings. The first-order chi connectivity index (χ1) is 11.3. The largest absolute Gasteiger partial charge is 0.505 e. The maximum atomic E-state index is 12.1. The van der Waals surface area contributed by atoms with Crippen molar-refractivity contribution in [2.24, 2.45) is 0 Å². The van der Waals surface area contributed by atoms with Crippen LogP contribution in [0.15, 0.2) is 21.3 Å². The van der Waals surface area contributed by atoms with Gasteiger partial charge in [-0.05, 0) is 12.1 Å². The molecule has 1 aliphatic carbocycles. The van der Waals surface area contributed by atoms with Crippen molar-refractivity contribution in [1.29, 1.82) is 0 Å². The van der Waals surface area contributed by atoms with Gasteiger partial charge < -0.3 is 19.4 Å². The zero-order chi connectivity index (χ0) is 17.8. The maximum absolute atomic E-state index is 12.1. The molecule has 0 radical (unpaired) electrons. The first-order valence-corrected chi connectivity index (χ1v) is 7.48. The number of fused-ring (bicyclic) bond motifs is 2. The van der Waals surface area contributed by atoms with Crippen molar-refractivity contribution in [1.82, 2.24) is 0 Å². The molecule has 0 bridgehead atoms. The van der Waals surface area contributed by atoms with Gasteiger partial charge in [-0.1, -0.05) is 34.8 Å². The number of hydrogen-bond acceptors (Lipinski definition) is 5. The van der Waals surface area contributed by atoms with E-state index >= 15 is 0 Å². The van der Waals surface area contributed by atoms with Crippen LogP contribution < -0.4 is 10.2 Å². The van der Waals surface area contributed by atoms with Crippen LogP contribution in [0, 0.1) is 0 Å². The lowest BCUT2D eigenvalue weighted by molar-refractivity contribution is 0.0699. The number of halogens is 3. The van der Waals surface area contributed by atoms with Crippen molar-refractivity contribution in [2.45, 2.75) is 0 Å². The summed E-state index contributed by atoms with van der Waals surface area (Å²) in [6.45, 7) is 0. The molecule has 9 heteroatoms. The number of aromatic carboxylic acids is 1. The highest BCUT2D eigenvalue weighted by Gasteiger charge is 2.28. The Balaban J connectivity index is 2.67. The highest BCUT2D eigenvalue weighted by molar-refractivity contribution is 6.41. The van der Waals surface area contributed by atoms with E-state index in [-0.39, 0.29) is 48.7 Å². The second-order valence-corrected chi connectivity index (χ2v) is 5.94. The monoisotopic (exact) mass is 388 g/mol. The number of phenolic OH excluding ortho intramolecular Hbond substituents is 1. The second-order valence-electron chi connectivity index (χ2n) is 4.78. The highest BCUT2D eigenvalue weighted by atomic mass is 35.5. The maximum Gasteiger partial charge on any atom is 0.337 e. The minimum atomic E-state index is -1.32. The summed E-state index contributed by atoms with van der Waals surface area (Å²) in [7, 11) is 1.25. The number of phenols is 1. The number of carbonyl (C=O) groups is 1. The Morgan fingerprint density at radius 3 is 2.46 bits per heavy atom. The normalized spacial score (nSPS) is 11.2. The average Bonchev–Trinajstić information content (AvgIpc) is 2.54. The van der Waals surface area contributed by atoms with Crippen LogP contribution in [0.4, 0.5) is 0 Å². The lowest BCUT2D eigenvalue weighted by Crippen LogP contribution is -2.11. The summed E-state index contributed by atoms with van der Waals surface area (Å²) in [5.74, 6) is -2.12. The number of ether oxygens (including phenoxy) is 1. The summed E-state index contributed by atoms with van der Waals surface area (Å²) < 4.78 is 10.4. The van der Waals surface area contributed by atoms with E-state index in [1.165, 1.54) is 19.2 Å². The van der Waals surface area contributed by atoms with Crippen LogP contribution >= 0.6 is 34.8 Å². The summed E-state index contributed by atoms with van der Waals surface area (Å²) in [6.07, 6.45) is 0. The SMILES string of the molecule is COc1cc2c(C(=O)O)c3cc(Cl)c(O)c(Cl)c3oc-2c(Cl)c1=O.